The van der Waals surface area contributed by atoms with Crippen LogP contribution in [0.1, 0.15) is 5.69 Å². The number of anilines is 1. The molecule has 0 saturated carbocycles. The third kappa shape index (κ3) is 7.63. The number of hydrogen-bond acceptors (Lipinski definition) is 13. The summed E-state index contributed by atoms with van der Waals surface area (Å²) in [6, 6.07) is -2.51. The van der Waals surface area contributed by atoms with Crippen LogP contribution in [-0.2, 0) is 27.3 Å². The minimum Gasteiger partial charge on any atom is -0.480 e. The Morgan fingerprint density at radius 1 is 1.37 bits per heavy atom. The zero-order chi connectivity index (χ0) is 25.5. The highest BCUT2D eigenvalue weighted by atomic mass is 32.2. The van der Waals surface area contributed by atoms with Crippen molar-refractivity contribution in [3.63, 3.8) is 0 Å². The number of thioether (sulfide) groups is 2. The first kappa shape index (κ1) is 26.9. The first-order valence-electron chi connectivity index (χ1n) is 10.2. The molecule has 1 unspecified atom stereocenters. The molecule has 2 aromatic rings. The first-order valence-corrected chi connectivity index (χ1v) is 13.0. The van der Waals surface area contributed by atoms with Crippen LogP contribution < -0.4 is 16.4 Å². The number of hydrogen-bond donors (Lipinski definition) is 5. The van der Waals surface area contributed by atoms with Crippen LogP contribution in [0.15, 0.2) is 21.5 Å². The van der Waals surface area contributed by atoms with Gasteiger partial charge in [0.25, 0.3) is 0 Å². The van der Waals surface area contributed by atoms with E-state index in [0.717, 1.165) is 18.3 Å². The number of nitrogens with two attached hydrogens (primary N) is 1. The fourth-order valence-electron chi connectivity index (χ4n) is 3.00. The van der Waals surface area contributed by atoms with Crippen molar-refractivity contribution in [2.24, 2.45) is 0 Å². The molecular weight excluding hydrogens is 518 g/mol. The summed E-state index contributed by atoms with van der Waals surface area (Å²) in [5.41, 5.74) is 6.51. The summed E-state index contributed by atoms with van der Waals surface area (Å²) in [6.45, 7) is 1.31. The molecular formula is C18H25N9O5S3. The number of amides is 1. The van der Waals surface area contributed by atoms with Crippen LogP contribution in [0.3, 0.4) is 0 Å². The van der Waals surface area contributed by atoms with E-state index in [9.17, 15) is 24.6 Å². The normalized spacial score (nSPS) is 18.8. The highest BCUT2D eigenvalue weighted by Crippen LogP contribution is 2.29. The molecule has 1 aliphatic rings. The summed E-state index contributed by atoms with van der Waals surface area (Å²) >= 11 is 3.55. The number of carbonyl (C=O) groups excluding carboxylic acids is 1. The average Bonchev–Trinajstić information content (AvgIpc) is 3.42. The number of carboxylic acids is 2. The van der Waals surface area contributed by atoms with Gasteiger partial charge in [-0.05, 0) is 35.5 Å². The van der Waals surface area contributed by atoms with Crippen LogP contribution in [0.2, 0.25) is 0 Å². The van der Waals surface area contributed by atoms with Crippen LogP contribution in [-0.4, -0.2) is 102 Å². The van der Waals surface area contributed by atoms with Crippen LogP contribution in [0.25, 0.3) is 0 Å². The number of tetrazole rings is 1. The van der Waals surface area contributed by atoms with Gasteiger partial charge < -0.3 is 26.2 Å². The number of nitrogen functional groups attached to an aromatic ring is 1. The van der Waals surface area contributed by atoms with Crippen LogP contribution in [0, 0.1) is 0 Å². The lowest BCUT2D eigenvalue weighted by molar-refractivity contribution is -0.143. The largest absolute Gasteiger partial charge is 0.480 e. The Kier molecular flexibility index (Phi) is 9.44. The number of aromatic nitrogens is 5. The molecule has 17 heteroatoms. The molecule has 0 spiro atoms. The lowest BCUT2D eigenvalue weighted by atomic mass is 10.1. The second-order valence-electron chi connectivity index (χ2n) is 7.70. The van der Waals surface area contributed by atoms with Crippen molar-refractivity contribution < 1.29 is 24.6 Å². The van der Waals surface area contributed by atoms with Gasteiger partial charge in [0, 0.05) is 17.7 Å². The van der Waals surface area contributed by atoms with Gasteiger partial charge in [0.05, 0.1) is 24.0 Å². The Morgan fingerprint density at radius 3 is 2.77 bits per heavy atom. The van der Waals surface area contributed by atoms with Gasteiger partial charge in [-0.3, -0.25) is 14.9 Å². The van der Waals surface area contributed by atoms with E-state index < -0.39 is 35.3 Å². The maximum absolute atomic E-state index is 12.4. The fourth-order valence-corrected chi connectivity index (χ4v) is 5.69. The molecule has 6 N–H and O–H groups in total. The molecule has 1 aliphatic heterocycles. The van der Waals surface area contributed by atoms with Crippen molar-refractivity contribution in [2.75, 3.05) is 32.1 Å². The molecule has 0 aliphatic carbocycles. The average molecular weight is 544 g/mol. The molecule has 35 heavy (non-hydrogen) atoms. The van der Waals surface area contributed by atoms with Crippen molar-refractivity contribution in [1.29, 1.82) is 0 Å². The number of likely N-dealkylation sites (N-methyl/N-ethyl adjacent to an activating group) is 1. The number of rotatable bonds is 12. The van der Waals surface area contributed by atoms with E-state index in [1.165, 1.54) is 23.1 Å². The summed E-state index contributed by atoms with van der Waals surface area (Å²) in [5.74, 6) is -2.74. The summed E-state index contributed by atoms with van der Waals surface area (Å²) in [7, 11) is 3.87. The Bertz CT molecular complexity index is 1090. The molecule has 2 aromatic heterocycles. The molecule has 0 bridgehead atoms. The zero-order valence-corrected chi connectivity index (χ0v) is 21.3. The van der Waals surface area contributed by atoms with Crippen LogP contribution in [0.4, 0.5) is 5.13 Å². The highest BCUT2D eigenvalue weighted by Gasteiger charge is 2.37. The van der Waals surface area contributed by atoms with Crippen molar-refractivity contribution in [2.45, 2.75) is 35.6 Å². The van der Waals surface area contributed by atoms with Crippen LogP contribution in [0.5, 0.6) is 0 Å². The van der Waals surface area contributed by atoms with E-state index in [2.05, 4.69) is 31.1 Å². The van der Waals surface area contributed by atoms with E-state index in [1.54, 1.807) is 15.5 Å². The van der Waals surface area contributed by atoms with Gasteiger partial charge >= 0.3 is 11.9 Å². The molecule has 14 nitrogen and oxygen atoms in total. The quantitative estimate of drug-likeness (QED) is 0.208. The maximum Gasteiger partial charge on any atom is 0.328 e. The molecule has 3 heterocycles. The highest BCUT2D eigenvalue weighted by molar-refractivity contribution is 8.03. The van der Waals surface area contributed by atoms with E-state index in [4.69, 9.17) is 5.73 Å². The molecule has 3 rings (SSSR count). The predicted molar refractivity (Wildman–Crippen MR) is 131 cm³/mol. The predicted octanol–water partition coefficient (Wildman–Crippen LogP) is -0.823. The smallest absolute Gasteiger partial charge is 0.328 e. The Hall–Kier alpha value is -2.73. The third-order valence-corrected chi connectivity index (χ3v) is 7.63. The monoisotopic (exact) mass is 543 g/mol. The zero-order valence-electron chi connectivity index (χ0n) is 18.8. The second kappa shape index (κ2) is 12.3. The Balaban J connectivity index is 1.65. The molecule has 0 aromatic carbocycles. The molecule has 0 fully saturated rings. The molecule has 1 amide bonds. The fraction of sp³-hybridized carbons (Fsp3) is 0.500. The summed E-state index contributed by atoms with van der Waals surface area (Å²) in [6.07, 6.45) is -0.141. The topological polar surface area (TPSA) is 201 Å². The number of carboxylic acid groups (broad SMARTS) is 2. The van der Waals surface area contributed by atoms with Gasteiger partial charge in [0.15, 0.2) is 11.2 Å². The standard InChI is InChI=1S/C18H25N9O5S3/c1-26(2)3-4-27-18(23-24-25-27)35-7-9-6-33-14(22-12(9)15(29)30)13(16(31)32)21-11(28)5-10-8-34-17(19)20-10/h6,8,12-14,22H,3-5,7H2,1-2H3,(H2,19,20)(H,21,28)(H,29,30)(H,31,32)/t12?,13-,14+/m0/s1. The van der Waals surface area contributed by atoms with Gasteiger partial charge in [-0.1, -0.05) is 11.8 Å². The Labute approximate surface area is 212 Å². The molecule has 0 radical (unpaired) electrons. The van der Waals surface area contributed by atoms with Gasteiger partial charge in [-0.15, -0.1) is 28.2 Å². The van der Waals surface area contributed by atoms with Gasteiger partial charge in [-0.2, -0.15) is 0 Å². The first-order chi connectivity index (χ1) is 16.6. The minimum absolute atomic E-state index is 0.141. The third-order valence-electron chi connectivity index (χ3n) is 4.74. The number of nitrogens with zero attached hydrogens (tertiary/aromatic N) is 6. The number of aliphatic carboxylic acids is 2. The minimum atomic E-state index is -1.37. The number of nitrogens with one attached hydrogen (secondary N) is 2. The van der Waals surface area contributed by atoms with Gasteiger partial charge in [0.1, 0.15) is 6.04 Å². The molecule has 190 valence electrons. The van der Waals surface area contributed by atoms with Gasteiger partial charge in [0.2, 0.25) is 11.1 Å². The van der Waals surface area contributed by atoms with Gasteiger partial charge in [-0.25, -0.2) is 14.5 Å². The van der Waals surface area contributed by atoms with E-state index in [-0.39, 0.29) is 12.2 Å². The van der Waals surface area contributed by atoms with Crippen LogP contribution >= 0.6 is 34.9 Å². The number of thiazole rings is 1. The van der Waals surface area contributed by atoms with Crippen molar-refractivity contribution in [3.8, 4) is 0 Å². The van der Waals surface area contributed by atoms with E-state index >= 15 is 0 Å². The summed E-state index contributed by atoms with van der Waals surface area (Å²) < 4.78 is 1.64. The maximum atomic E-state index is 12.4. The number of carbonyl (C=O) groups is 3. The lowest BCUT2D eigenvalue weighted by Gasteiger charge is -2.32. The molecule has 0 saturated heterocycles. The summed E-state index contributed by atoms with van der Waals surface area (Å²) in [4.78, 5) is 42.2. The summed E-state index contributed by atoms with van der Waals surface area (Å²) in [5, 5.41) is 39.5. The SMILES string of the molecule is CN(C)CCn1nnnc1SCC1=CS[C@H]([C@H](NC(=O)Cc2csc(N)n2)C(=O)O)NC1C(=O)O. The molecule has 3 atom stereocenters. The van der Waals surface area contributed by atoms with Crippen molar-refractivity contribution >= 4 is 57.8 Å². The van der Waals surface area contributed by atoms with E-state index in [0.29, 0.717) is 28.1 Å². The van der Waals surface area contributed by atoms with Crippen molar-refractivity contribution in [1.82, 2.24) is 40.7 Å². The lowest BCUT2D eigenvalue weighted by Crippen LogP contribution is -2.58. The Morgan fingerprint density at radius 2 is 2.14 bits per heavy atom. The second-order valence-corrected chi connectivity index (χ2v) is 10.5. The van der Waals surface area contributed by atoms with Crippen molar-refractivity contribution in [3.05, 3.63) is 22.1 Å². The van der Waals surface area contributed by atoms with E-state index in [1.807, 2.05) is 19.0 Å².